The van der Waals surface area contributed by atoms with Crippen molar-refractivity contribution >= 4 is 0 Å². The molecule has 0 unspecified atom stereocenters. The molecule has 0 aliphatic rings. The molecule has 1 aromatic carbocycles. The van der Waals surface area contributed by atoms with Gasteiger partial charge in [-0.3, -0.25) is 5.10 Å². The second-order valence-electron chi connectivity index (χ2n) is 3.58. The molecule has 0 aliphatic heterocycles. The zero-order valence-electron chi connectivity index (χ0n) is 8.83. The van der Waals surface area contributed by atoms with Crippen LogP contribution < -0.4 is 5.73 Å². The maximum absolute atomic E-state index is 5.53. The molecule has 2 rings (SSSR count). The van der Waals surface area contributed by atoms with Gasteiger partial charge in [-0.2, -0.15) is 5.10 Å². The molecule has 0 bridgehead atoms. The van der Waals surface area contributed by atoms with Gasteiger partial charge in [-0.25, -0.2) is 0 Å². The summed E-state index contributed by atoms with van der Waals surface area (Å²) in [5.74, 6) is 0. The molecule has 0 spiro atoms. The quantitative estimate of drug-likeness (QED) is 0.796. The molecule has 0 radical (unpaired) electrons. The van der Waals surface area contributed by atoms with Crippen molar-refractivity contribution in [3.63, 3.8) is 0 Å². The van der Waals surface area contributed by atoms with Gasteiger partial charge < -0.3 is 5.73 Å². The van der Waals surface area contributed by atoms with Crippen LogP contribution in [0, 0.1) is 6.92 Å². The van der Waals surface area contributed by atoms with Gasteiger partial charge in [0.05, 0.1) is 5.69 Å². The van der Waals surface area contributed by atoms with Crippen LogP contribution in [0.4, 0.5) is 0 Å². The number of aromatic nitrogens is 2. The van der Waals surface area contributed by atoms with E-state index in [1.165, 1.54) is 5.56 Å². The first kappa shape index (κ1) is 9.93. The Morgan fingerprint density at radius 3 is 2.67 bits per heavy atom. The summed E-state index contributed by atoms with van der Waals surface area (Å²) < 4.78 is 0. The first-order valence-electron chi connectivity index (χ1n) is 5.12. The van der Waals surface area contributed by atoms with Crippen molar-refractivity contribution in [1.82, 2.24) is 10.2 Å². The molecule has 1 heterocycles. The smallest absolute Gasteiger partial charge is 0.0952 e. The van der Waals surface area contributed by atoms with Gasteiger partial charge in [-0.15, -0.1) is 0 Å². The number of hydrogen-bond acceptors (Lipinski definition) is 2. The molecule has 0 saturated carbocycles. The minimum Gasteiger partial charge on any atom is -0.330 e. The Kier molecular flexibility index (Phi) is 2.83. The number of nitrogens with one attached hydrogen (secondary N) is 1. The largest absolute Gasteiger partial charge is 0.330 e. The Morgan fingerprint density at radius 2 is 2.00 bits per heavy atom. The van der Waals surface area contributed by atoms with E-state index < -0.39 is 0 Å². The molecule has 3 N–H and O–H groups in total. The Morgan fingerprint density at radius 1 is 1.27 bits per heavy atom. The van der Waals surface area contributed by atoms with Gasteiger partial charge in [0, 0.05) is 17.7 Å². The van der Waals surface area contributed by atoms with Crippen molar-refractivity contribution in [3.05, 3.63) is 41.6 Å². The Hall–Kier alpha value is -1.61. The number of H-pyrrole nitrogens is 1. The van der Waals surface area contributed by atoms with Gasteiger partial charge in [0.1, 0.15) is 0 Å². The van der Waals surface area contributed by atoms with E-state index in [-0.39, 0.29) is 0 Å². The second kappa shape index (κ2) is 4.28. The monoisotopic (exact) mass is 201 g/mol. The number of aromatic amines is 1. The van der Waals surface area contributed by atoms with E-state index in [2.05, 4.69) is 29.3 Å². The van der Waals surface area contributed by atoms with Crippen molar-refractivity contribution in [2.45, 2.75) is 13.3 Å². The first-order valence-corrected chi connectivity index (χ1v) is 5.12. The highest BCUT2D eigenvalue weighted by Gasteiger charge is 2.09. The number of nitrogens with two attached hydrogens (primary N) is 1. The van der Waals surface area contributed by atoms with Crippen LogP contribution in [0.2, 0.25) is 0 Å². The van der Waals surface area contributed by atoms with Gasteiger partial charge in [-0.05, 0) is 19.0 Å². The van der Waals surface area contributed by atoms with E-state index in [1.54, 1.807) is 0 Å². The zero-order chi connectivity index (χ0) is 10.7. The fourth-order valence-corrected chi connectivity index (χ4v) is 1.70. The van der Waals surface area contributed by atoms with Crippen molar-refractivity contribution < 1.29 is 0 Å². The summed E-state index contributed by atoms with van der Waals surface area (Å²) in [5.41, 5.74) is 10.0. The Labute approximate surface area is 89.3 Å². The summed E-state index contributed by atoms with van der Waals surface area (Å²) in [5, 5.41) is 7.37. The highest BCUT2D eigenvalue weighted by atomic mass is 15.1. The van der Waals surface area contributed by atoms with Crippen LogP contribution in [0.1, 0.15) is 11.3 Å². The standard InChI is InChI=1S/C12H15N3/c1-9-11(7-8-13)14-15-12(9)10-5-3-2-4-6-10/h2-6H,7-8,13H2,1H3,(H,14,15). The van der Waals surface area contributed by atoms with Crippen LogP contribution in [0.15, 0.2) is 30.3 Å². The van der Waals surface area contributed by atoms with Gasteiger partial charge in [0.2, 0.25) is 0 Å². The number of rotatable bonds is 3. The van der Waals surface area contributed by atoms with E-state index in [4.69, 9.17) is 5.73 Å². The third-order valence-electron chi connectivity index (χ3n) is 2.55. The maximum atomic E-state index is 5.53. The molecule has 0 atom stereocenters. The summed E-state index contributed by atoms with van der Waals surface area (Å²) in [4.78, 5) is 0. The molecule has 1 aromatic heterocycles. The average Bonchev–Trinajstić information content (AvgIpc) is 2.63. The van der Waals surface area contributed by atoms with E-state index in [1.807, 2.05) is 18.2 Å². The summed E-state index contributed by atoms with van der Waals surface area (Å²) >= 11 is 0. The lowest BCUT2D eigenvalue weighted by Gasteiger charge is -1.98. The molecule has 2 aromatic rings. The third kappa shape index (κ3) is 1.92. The van der Waals surface area contributed by atoms with Crippen molar-refractivity contribution in [3.8, 4) is 11.3 Å². The number of nitrogens with zero attached hydrogens (tertiary/aromatic N) is 1. The lowest BCUT2D eigenvalue weighted by Crippen LogP contribution is -2.03. The van der Waals surface area contributed by atoms with Crippen LogP contribution in [-0.4, -0.2) is 16.7 Å². The fraction of sp³-hybridized carbons (Fsp3) is 0.250. The van der Waals surface area contributed by atoms with Gasteiger partial charge in [0.25, 0.3) is 0 Å². The third-order valence-corrected chi connectivity index (χ3v) is 2.55. The molecule has 3 heteroatoms. The van der Waals surface area contributed by atoms with Crippen LogP contribution in [0.3, 0.4) is 0 Å². The lowest BCUT2D eigenvalue weighted by molar-refractivity contribution is 0.896. The fourth-order valence-electron chi connectivity index (χ4n) is 1.70. The lowest BCUT2D eigenvalue weighted by atomic mass is 10.1. The topological polar surface area (TPSA) is 54.7 Å². The first-order chi connectivity index (χ1) is 7.33. The molecule has 3 nitrogen and oxygen atoms in total. The molecule has 0 saturated heterocycles. The SMILES string of the molecule is Cc1c(-c2ccccc2)n[nH]c1CCN. The summed E-state index contributed by atoms with van der Waals surface area (Å²) in [7, 11) is 0. The van der Waals surface area contributed by atoms with Crippen LogP contribution in [-0.2, 0) is 6.42 Å². The molecular formula is C12H15N3. The van der Waals surface area contributed by atoms with Crippen molar-refractivity contribution in [2.24, 2.45) is 5.73 Å². The number of hydrogen-bond donors (Lipinski definition) is 2. The van der Waals surface area contributed by atoms with E-state index in [0.717, 1.165) is 23.4 Å². The predicted octanol–water partition coefficient (Wildman–Crippen LogP) is 1.89. The van der Waals surface area contributed by atoms with Crippen molar-refractivity contribution in [1.29, 1.82) is 0 Å². The minimum atomic E-state index is 0.650. The van der Waals surface area contributed by atoms with E-state index in [9.17, 15) is 0 Å². The summed E-state index contributed by atoms with van der Waals surface area (Å²) in [6, 6.07) is 10.2. The summed E-state index contributed by atoms with van der Waals surface area (Å²) in [6.07, 6.45) is 0.853. The second-order valence-corrected chi connectivity index (χ2v) is 3.58. The van der Waals surface area contributed by atoms with Gasteiger partial charge in [0.15, 0.2) is 0 Å². The molecule has 0 aliphatic carbocycles. The average molecular weight is 201 g/mol. The number of benzene rings is 1. The molecule has 15 heavy (non-hydrogen) atoms. The van der Waals surface area contributed by atoms with Crippen LogP contribution in [0.25, 0.3) is 11.3 Å². The normalized spacial score (nSPS) is 10.5. The molecule has 0 amide bonds. The summed E-state index contributed by atoms with van der Waals surface area (Å²) in [6.45, 7) is 2.73. The highest BCUT2D eigenvalue weighted by Crippen LogP contribution is 2.22. The molecule has 0 fully saturated rings. The van der Waals surface area contributed by atoms with Gasteiger partial charge in [-0.1, -0.05) is 30.3 Å². The Bertz CT molecular complexity index is 431. The van der Waals surface area contributed by atoms with Crippen LogP contribution >= 0.6 is 0 Å². The predicted molar refractivity (Wildman–Crippen MR) is 61.5 cm³/mol. The molecule has 78 valence electrons. The minimum absolute atomic E-state index is 0.650. The van der Waals surface area contributed by atoms with E-state index in [0.29, 0.717) is 6.54 Å². The van der Waals surface area contributed by atoms with E-state index >= 15 is 0 Å². The van der Waals surface area contributed by atoms with Crippen molar-refractivity contribution in [2.75, 3.05) is 6.54 Å². The maximum Gasteiger partial charge on any atom is 0.0952 e. The Balaban J connectivity index is 2.38. The zero-order valence-corrected chi connectivity index (χ0v) is 8.83. The van der Waals surface area contributed by atoms with Crippen LogP contribution in [0.5, 0.6) is 0 Å². The highest BCUT2D eigenvalue weighted by molar-refractivity contribution is 5.63. The molecular weight excluding hydrogens is 186 g/mol. The van der Waals surface area contributed by atoms with Gasteiger partial charge >= 0.3 is 0 Å².